The summed E-state index contributed by atoms with van der Waals surface area (Å²) in [6.45, 7) is 3.78. The number of anilines is 3. The van der Waals surface area contributed by atoms with Gasteiger partial charge in [-0.15, -0.1) is 16.9 Å². The first-order chi connectivity index (χ1) is 23.6. The van der Waals surface area contributed by atoms with E-state index in [-0.39, 0.29) is 23.8 Å². The third kappa shape index (κ3) is 3.94. The van der Waals surface area contributed by atoms with Crippen molar-refractivity contribution in [2.24, 2.45) is 16.1 Å². The van der Waals surface area contributed by atoms with Gasteiger partial charge in [0.25, 0.3) is 17.2 Å². The van der Waals surface area contributed by atoms with Crippen LogP contribution in [0.1, 0.15) is 11.1 Å². The molecule has 250 valence electrons. The molecule has 3 aromatic rings. The number of carbonyl (C=O) groups excluding carboxylic acids is 3. The lowest BCUT2D eigenvalue weighted by molar-refractivity contribution is -0.384. The van der Waals surface area contributed by atoms with E-state index in [1.54, 1.807) is 22.2 Å². The highest BCUT2D eigenvalue weighted by Crippen LogP contribution is 2.68. The third-order valence-electron chi connectivity index (χ3n) is 9.67. The zero-order chi connectivity index (χ0) is 34.4. The van der Waals surface area contributed by atoms with Crippen LogP contribution in [0.5, 0.6) is 0 Å². The van der Waals surface area contributed by atoms with Crippen LogP contribution in [0.15, 0.2) is 83.0 Å². The molecular formula is C33H29N7O8S. The Bertz CT molecular complexity index is 1990. The molecule has 0 unspecified atom stereocenters. The van der Waals surface area contributed by atoms with Gasteiger partial charge in [0.1, 0.15) is 16.7 Å². The second-order valence-corrected chi connectivity index (χ2v) is 13.7. The highest BCUT2D eigenvalue weighted by Gasteiger charge is 2.88. The van der Waals surface area contributed by atoms with Gasteiger partial charge in [0.05, 0.1) is 48.2 Å². The molecule has 3 fully saturated rings. The van der Waals surface area contributed by atoms with E-state index < -0.39 is 50.6 Å². The molecule has 16 heteroatoms. The van der Waals surface area contributed by atoms with Crippen molar-refractivity contribution < 1.29 is 33.5 Å². The number of benzene rings is 3. The molecule has 0 aromatic heterocycles. The Labute approximate surface area is 283 Å². The predicted molar refractivity (Wildman–Crippen MR) is 179 cm³/mol. The van der Waals surface area contributed by atoms with Crippen LogP contribution in [-0.2, 0) is 28.6 Å². The van der Waals surface area contributed by atoms with E-state index in [0.29, 0.717) is 11.4 Å². The van der Waals surface area contributed by atoms with Gasteiger partial charge in [-0.2, -0.15) is 5.10 Å². The van der Waals surface area contributed by atoms with Gasteiger partial charge in [0.15, 0.2) is 5.71 Å². The maximum atomic E-state index is 14.6. The summed E-state index contributed by atoms with van der Waals surface area (Å²) < 4.78 is 15.2. The molecule has 49 heavy (non-hydrogen) atoms. The summed E-state index contributed by atoms with van der Waals surface area (Å²) >= 11 is 1.41. The molecule has 0 saturated carbocycles. The van der Waals surface area contributed by atoms with Crippen molar-refractivity contribution in [3.05, 3.63) is 94.0 Å². The van der Waals surface area contributed by atoms with Gasteiger partial charge in [-0.1, -0.05) is 35.4 Å². The Hall–Kier alpha value is -5.64. The lowest BCUT2D eigenvalue weighted by Crippen LogP contribution is -2.67. The fourth-order valence-corrected chi connectivity index (χ4v) is 9.59. The van der Waals surface area contributed by atoms with Crippen LogP contribution in [0.2, 0.25) is 0 Å². The van der Waals surface area contributed by atoms with Crippen LogP contribution in [0, 0.1) is 29.9 Å². The van der Waals surface area contributed by atoms with Crippen molar-refractivity contribution in [3.8, 4) is 0 Å². The van der Waals surface area contributed by atoms with Crippen molar-refractivity contribution in [2.75, 3.05) is 35.9 Å². The van der Waals surface area contributed by atoms with Crippen LogP contribution in [-0.4, -0.2) is 82.0 Å². The molecule has 5 heterocycles. The van der Waals surface area contributed by atoms with Crippen LogP contribution < -0.4 is 15.0 Å². The summed E-state index contributed by atoms with van der Waals surface area (Å²) in [6, 6.07) is 20.0. The molecule has 0 N–H and O–H groups in total. The quantitative estimate of drug-likeness (QED) is 0.161. The van der Waals surface area contributed by atoms with E-state index >= 15 is 0 Å². The number of nitro benzene ring substituents is 1. The fraction of sp³-hybridized carbons (Fsp3) is 0.303. The molecule has 2 spiro atoms. The standard InChI is InChI=1S/C33H29N7O8S/c1-18-5-9-20(10-6-18)36-28-24(25(34-36)29(41)46-3)26-32(49-28)17-48-31(43)33(32)38(22-11-7-19(2)8-12-22)35-27(30(42)47-4)39(33)37(26)21-13-15-23(16-14-21)40(44)45/h5-16,24,26,28H,17H2,1-4H3/t24-,26-,28+,32+,33-/m1/s1. The van der Waals surface area contributed by atoms with Crippen molar-refractivity contribution in [1.29, 1.82) is 0 Å². The number of rotatable bonds is 6. The van der Waals surface area contributed by atoms with Crippen LogP contribution >= 0.6 is 11.8 Å². The second-order valence-electron chi connectivity index (χ2n) is 12.3. The van der Waals surface area contributed by atoms with Crippen molar-refractivity contribution in [3.63, 3.8) is 0 Å². The number of non-ortho nitro benzene ring substituents is 1. The zero-order valence-electron chi connectivity index (χ0n) is 26.7. The molecule has 0 amide bonds. The SMILES string of the molecule is COC(=O)C1=NN(c2ccc(C)cc2)[C@H]2S[C@]34COC(=O)[C@]35N(c3ccc(C)cc3)N=C(C(=O)OC)N5N(c3ccc([N+](=O)[O-])cc3)[C@@H]4[C@@H]12. The second kappa shape index (κ2) is 10.7. The van der Waals surface area contributed by atoms with Crippen LogP contribution in [0.25, 0.3) is 0 Å². The molecule has 0 bridgehead atoms. The highest BCUT2D eigenvalue weighted by molar-refractivity contribution is 8.02. The summed E-state index contributed by atoms with van der Waals surface area (Å²) in [7, 11) is 2.49. The number of fused-ring (bicyclic) bond motifs is 2. The predicted octanol–water partition coefficient (Wildman–Crippen LogP) is 3.35. The first kappa shape index (κ1) is 30.7. The van der Waals surface area contributed by atoms with Gasteiger partial charge in [-0.25, -0.2) is 24.4 Å². The summed E-state index contributed by atoms with van der Waals surface area (Å²) in [5.74, 6) is -3.08. The largest absolute Gasteiger partial charge is 0.464 e. The number of carbonyl (C=O) groups is 3. The molecule has 5 aliphatic rings. The number of hydrogen-bond donors (Lipinski definition) is 0. The third-order valence-corrected chi connectivity index (χ3v) is 11.5. The maximum absolute atomic E-state index is 14.6. The number of hydrazine groups is 1. The van der Waals surface area contributed by atoms with Gasteiger partial charge < -0.3 is 14.2 Å². The summed E-state index contributed by atoms with van der Waals surface area (Å²) in [6.07, 6.45) is 0. The highest BCUT2D eigenvalue weighted by atomic mass is 32.2. The minimum atomic E-state index is -1.80. The van der Waals surface area contributed by atoms with E-state index in [0.717, 1.165) is 16.8 Å². The Morgan fingerprint density at radius 1 is 0.898 bits per heavy atom. The lowest BCUT2D eigenvalue weighted by Gasteiger charge is -2.41. The molecule has 3 saturated heterocycles. The molecule has 15 nitrogen and oxygen atoms in total. The number of aryl methyl sites for hydroxylation is 2. The van der Waals surface area contributed by atoms with Crippen molar-refractivity contribution >= 4 is 64.0 Å². The first-order valence-corrected chi connectivity index (χ1v) is 16.2. The van der Waals surface area contributed by atoms with E-state index in [1.165, 1.54) is 60.3 Å². The van der Waals surface area contributed by atoms with Crippen LogP contribution in [0.4, 0.5) is 22.7 Å². The number of nitrogens with zero attached hydrogens (tertiary/aromatic N) is 7. The van der Waals surface area contributed by atoms with E-state index in [1.807, 2.05) is 50.2 Å². The van der Waals surface area contributed by atoms with Gasteiger partial charge >= 0.3 is 17.9 Å². The van der Waals surface area contributed by atoms with Gasteiger partial charge in [0.2, 0.25) is 0 Å². The number of ether oxygens (including phenoxy) is 3. The molecule has 5 aliphatic heterocycles. The Morgan fingerprint density at radius 3 is 2.08 bits per heavy atom. The minimum absolute atomic E-state index is 0.114. The number of thioether (sulfide) groups is 1. The number of cyclic esters (lactones) is 1. The molecular weight excluding hydrogens is 654 g/mol. The minimum Gasteiger partial charge on any atom is -0.464 e. The van der Waals surface area contributed by atoms with Gasteiger partial charge in [-0.3, -0.25) is 20.1 Å². The van der Waals surface area contributed by atoms with Crippen molar-refractivity contribution in [2.45, 2.75) is 35.7 Å². The molecule has 8 rings (SSSR count). The lowest BCUT2D eigenvalue weighted by atomic mass is 9.80. The Kier molecular flexibility index (Phi) is 6.69. The van der Waals surface area contributed by atoms with Gasteiger partial charge in [0, 0.05) is 12.1 Å². The number of esters is 3. The van der Waals surface area contributed by atoms with E-state index in [2.05, 4.69) is 0 Å². The zero-order valence-corrected chi connectivity index (χ0v) is 27.5. The summed E-state index contributed by atoms with van der Waals surface area (Å²) in [5.41, 5.74) is 1.79. The topological polar surface area (TPSA) is 160 Å². The molecule has 0 aliphatic carbocycles. The van der Waals surface area contributed by atoms with E-state index in [4.69, 9.17) is 24.4 Å². The Morgan fingerprint density at radius 2 is 1.49 bits per heavy atom. The average molecular weight is 684 g/mol. The fourth-order valence-electron chi connectivity index (χ4n) is 7.54. The van der Waals surface area contributed by atoms with Crippen LogP contribution in [0.3, 0.4) is 0 Å². The number of hydrazone groups is 2. The smallest absolute Gasteiger partial charge is 0.377 e. The summed E-state index contributed by atoms with van der Waals surface area (Å²) in [5, 5.41) is 27.1. The number of hydrogen-bond acceptors (Lipinski definition) is 15. The Balaban J connectivity index is 1.40. The van der Waals surface area contributed by atoms with Crippen molar-refractivity contribution in [1.82, 2.24) is 5.01 Å². The molecule has 3 aromatic carbocycles. The number of amidine groups is 1. The number of nitro groups is 1. The number of methoxy groups -OCH3 is 2. The van der Waals surface area contributed by atoms with Gasteiger partial charge in [-0.05, 0) is 50.2 Å². The first-order valence-electron chi connectivity index (χ1n) is 15.3. The molecule has 0 radical (unpaired) electrons. The summed E-state index contributed by atoms with van der Waals surface area (Å²) in [4.78, 5) is 52.9. The normalized spacial score (nSPS) is 27.6. The monoisotopic (exact) mass is 683 g/mol. The average Bonchev–Trinajstić information content (AvgIpc) is 3.86. The van der Waals surface area contributed by atoms with E-state index in [9.17, 15) is 24.5 Å². The molecule has 5 atom stereocenters. The maximum Gasteiger partial charge on any atom is 0.377 e.